The monoisotopic (exact) mass is 547 g/mol. The Balaban J connectivity index is 1.40. The standard InChI is InChI=1S/C33H41NO6/c1-2-3-7-14-27(36)19-22-30-29(31(37)23-32(30)38)15-10-4-5-11-16-33(39)40-28-20-17-26(18-21-28)34(24-35)25-12-8-6-9-13-25/h4,6,8-10,12-13,17-22,24,27,29-30,32,36,38H,2-3,5,7,11,14-16,23H2,1H3. The molecule has 1 amide bonds. The molecule has 0 radical (unpaired) electrons. The van der Waals surface area contributed by atoms with Gasteiger partial charge < -0.3 is 14.9 Å². The van der Waals surface area contributed by atoms with E-state index in [1.54, 1.807) is 30.3 Å². The molecule has 1 aliphatic rings. The Hall–Kier alpha value is -3.55. The Morgan fingerprint density at radius 2 is 1.77 bits per heavy atom. The highest BCUT2D eigenvalue weighted by atomic mass is 16.5. The van der Waals surface area contributed by atoms with Gasteiger partial charge in [0.1, 0.15) is 11.5 Å². The van der Waals surface area contributed by atoms with Crippen LogP contribution in [0.15, 0.2) is 78.9 Å². The Morgan fingerprint density at radius 1 is 1.05 bits per heavy atom. The Bertz CT molecular complexity index is 1130. The molecule has 1 saturated carbocycles. The molecule has 1 fully saturated rings. The van der Waals surface area contributed by atoms with Gasteiger partial charge in [0.05, 0.1) is 12.2 Å². The third-order valence-corrected chi connectivity index (χ3v) is 7.19. The zero-order chi connectivity index (χ0) is 28.7. The molecule has 1 aliphatic carbocycles. The lowest BCUT2D eigenvalue weighted by atomic mass is 9.90. The average molecular weight is 548 g/mol. The van der Waals surface area contributed by atoms with Crippen LogP contribution in [0.2, 0.25) is 0 Å². The van der Waals surface area contributed by atoms with Gasteiger partial charge >= 0.3 is 5.97 Å². The fraction of sp³-hybridized carbons (Fsp3) is 0.424. The number of carbonyl (C=O) groups excluding carboxylic acids is 3. The van der Waals surface area contributed by atoms with Crippen molar-refractivity contribution in [3.05, 3.63) is 78.9 Å². The number of aliphatic hydroxyl groups is 2. The molecule has 2 aromatic rings. The van der Waals surface area contributed by atoms with Gasteiger partial charge in [-0.15, -0.1) is 0 Å². The van der Waals surface area contributed by atoms with E-state index in [-0.39, 0.29) is 36.4 Å². The second-order valence-electron chi connectivity index (χ2n) is 10.2. The third-order valence-electron chi connectivity index (χ3n) is 7.19. The SMILES string of the molecule is CCCCCC(O)C=CC1C(O)CC(=O)C1CC=CCCCC(=O)Oc1ccc(N(C=O)c2ccccc2)cc1. The number of amides is 1. The number of esters is 1. The molecule has 214 valence electrons. The number of ketones is 1. The quantitative estimate of drug-likeness (QED) is 0.0870. The number of allylic oxidation sites excluding steroid dienone is 2. The number of Topliss-reactive ketones (excluding diaryl/α,β-unsaturated/α-hetero) is 1. The second kappa shape index (κ2) is 16.5. The Kier molecular flexibility index (Phi) is 12.8. The molecule has 7 nitrogen and oxygen atoms in total. The van der Waals surface area contributed by atoms with Crippen LogP contribution in [-0.4, -0.2) is 40.6 Å². The maximum absolute atomic E-state index is 12.4. The van der Waals surface area contributed by atoms with Crippen molar-refractivity contribution >= 4 is 29.5 Å². The summed E-state index contributed by atoms with van der Waals surface area (Å²) >= 11 is 0. The van der Waals surface area contributed by atoms with Crippen molar-refractivity contribution in [1.29, 1.82) is 0 Å². The maximum atomic E-state index is 12.4. The van der Waals surface area contributed by atoms with Crippen LogP contribution in [0.4, 0.5) is 11.4 Å². The minimum atomic E-state index is -0.714. The van der Waals surface area contributed by atoms with Crippen LogP contribution in [0.5, 0.6) is 5.75 Å². The van der Waals surface area contributed by atoms with Gasteiger partial charge in [0.2, 0.25) is 6.41 Å². The largest absolute Gasteiger partial charge is 0.427 e. The summed E-state index contributed by atoms with van der Waals surface area (Å²) in [6.45, 7) is 2.12. The molecule has 7 heteroatoms. The number of carbonyl (C=O) groups is 3. The van der Waals surface area contributed by atoms with Crippen LogP contribution in [0.1, 0.15) is 64.7 Å². The number of para-hydroxylation sites is 1. The van der Waals surface area contributed by atoms with Crippen LogP contribution in [0.25, 0.3) is 0 Å². The van der Waals surface area contributed by atoms with Crippen molar-refractivity contribution in [2.75, 3.05) is 4.90 Å². The van der Waals surface area contributed by atoms with Gasteiger partial charge in [-0.05, 0) is 62.1 Å². The molecule has 0 bridgehead atoms. The first-order chi connectivity index (χ1) is 19.4. The van der Waals surface area contributed by atoms with Crippen LogP contribution in [-0.2, 0) is 14.4 Å². The minimum absolute atomic E-state index is 0.0434. The lowest BCUT2D eigenvalue weighted by Crippen LogP contribution is -2.18. The van der Waals surface area contributed by atoms with Crippen molar-refractivity contribution in [3.63, 3.8) is 0 Å². The lowest BCUT2D eigenvalue weighted by molar-refractivity contribution is -0.134. The zero-order valence-corrected chi connectivity index (χ0v) is 23.2. The predicted octanol–water partition coefficient (Wildman–Crippen LogP) is 6.07. The number of benzene rings is 2. The first kappa shape index (κ1) is 31.0. The predicted molar refractivity (Wildman–Crippen MR) is 156 cm³/mol. The fourth-order valence-electron chi connectivity index (χ4n) is 4.93. The molecule has 0 spiro atoms. The molecular formula is C33H41NO6. The number of nitrogens with zero attached hydrogens (tertiary/aromatic N) is 1. The summed E-state index contributed by atoms with van der Waals surface area (Å²) in [4.78, 5) is 37.8. The van der Waals surface area contributed by atoms with Gasteiger partial charge in [0.15, 0.2) is 0 Å². The summed E-state index contributed by atoms with van der Waals surface area (Å²) in [5.41, 5.74) is 1.41. The number of anilines is 2. The normalized spacial score (nSPS) is 19.8. The van der Waals surface area contributed by atoms with E-state index >= 15 is 0 Å². The summed E-state index contributed by atoms with van der Waals surface area (Å²) in [5, 5.41) is 20.5. The summed E-state index contributed by atoms with van der Waals surface area (Å²) in [6.07, 6.45) is 12.9. The Morgan fingerprint density at radius 3 is 2.48 bits per heavy atom. The lowest BCUT2D eigenvalue weighted by Gasteiger charge is -2.17. The first-order valence-corrected chi connectivity index (χ1v) is 14.3. The molecule has 2 N–H and O–H groups in total. The Labute approximate surface area is 237 Å². The molecule has 4 unspecified atom stereocenters. The first-order valence-electron chi connectivity index (χ1n) is 14.3. The summed E-state index contributed by atoms with van der Waals surface area (Å²) in [6, 6.07) is 16.0. The van der Waals surface area contributed by atoms with E-state index in [4.69, 9.17) is 4.74 Å². The van der Waals surface area contributed by atoms with Crippen LogP contribution in [0.3, 0.4) is 0 Å². The van der Waals surface area contributed by atoms with Gasteiger partial charge in [-0.1, -0.05) is 68.7 Å². The van der Waals surface area contributed by atoms with Crippen molar-refractivity contribution < 1.29 is 29.3 Å². The molecule has 0 aromatic heterocycles. The van der Waals surface area contributed by atoms with Crippen molar-refractivity contribution in [2.45, 2.75) is 76.9 Å². The molecule has 0 saturated heterocycles. The van der Waals surface area contributed by atoms with E-state index in [2.05, 4.69) is 6.92 Å². The number of hydrogen-bond acceptors (Lipinski definition) is 6. The number of aliphatic hydroxyl groups excluding tert-OH is 2. The maximum Gasteiger partial charge on any atom is 0.311 e. The van der Waals surface area contributed by atoms with E-state index in [0.717, 1.165) is 31.4 Å². The number of rotatable bonds is 16. The molecular weight excluding hydrogens is 506 g/mol. The number of ether oxygens (including phenoxy) is 1. The van der Waals surface area contributed by atoms with E-state index in [1.165, 1.54) is 4.90 Å². The molecule has 2 aromatic carbocycles. The summed E-state index contributed by atoms with van der Waals surface area (Å²) in [5.74, 6) is -0.466. The van der Waals surface area contributed by atoms with Gasteiger partial charge in [0.25, 0.3) is 0 Å². The van der Waals surface area contributed by atoms with Gasteiger partial charge in [-0.25, -0.2) is 0 Å². The van der Waals surface area contributed by atoms with Crippen molar-refractivity contribution in [1.82, 2.24) is 0 Å². The highest BCUT2D eigenvalue weighted by molar-refractivity contribution is 5.86. The summed E-state index contributed by atoms with van der Waals surface area (Å²) in [7, 11) is 0. The topological polar surface area (TPSA) is 104 Å². The van der Waals surface area contributed by atoms with Crippen LogP contribution >= 0.6 is 0 Å². The van der Waals surface area contributed by atoms with Crippen LogP contribution < -0.4 is 9.64 Å². The number of hydrogen-bond donors (Lipinski definition) is 2. The molecule has 0 aliphatic heterocycles. The molecule has 3 rings (SSSR count). The highest BCUT2D eigenvalue weighted by Crippen LogP contribution is 2.33. The molecule has 40 heavy (non-hydrogen) atoms. The molecule has 0 heterocycles. The van der Waals surface area contributed by atoms with E-state index in [1.807, 2.05) is 48.6 Å². The van der Waals surface area contributed by atoms with E-state index in [0.29, 0.717) is 37.1 Å². The smallest absolute Gasteiger partial charge is 0.311 e. The van der Waals surface area contributed by atoms with Crippen LogP contribution in [0, 0.1) is 11.8 Å². The van der Waals surface area contributed by atoms with E-state index < -0.39 is 12.2 Å². The summed E-state index contributed by atoms with van der Waals surface area (Å²) < 4.78 is 5.42. The minimum Gasteiger partial charge on any atom is -0.427 e. The average Bonchev–Trinajstić information content (AvgIpc) is 3.22. The third kappa shape index (κ3) is 9.57. The van der Waals surface area contributed by atoms with Gasteiger partial charge in [-0.2, -0.15) is 0 Å². The second-order valence-corrected chi connectivity index (χ2v) is 10.2. The van der Waals surface area contributed by atoms with Gasteiger partial charge in [0, 0.05) is 36.1 Å². The number of unbranched alkanes of at least 4 members (excludes halogenated alkanes) is 3. The van der Waals surface area contributed by atoms with Crippen molar-refractivity contribution in [3.8, 4) is 5.75 Å². The highest BCUT2D eigenvalue weighted by Gasteiger charge is 2.39. The molecule has 4 atom stereocenters. The fourth-order valence-corrected chi connectivity index (χ4v) is 4.93. The van der Waals surface area contributed by atoms with E-state index in [9.17, 15) is 24.6 Å². The zero-order valence-electron chi connectivity index (χ0n) is 23.2. The van der Waals surface area contributed by atoms with Gasteiger partial charge in [-0.3, -0.25) is 19.3 Å². The van der Waals surface area contributed by atoms with Crippen molar-refractivity contribution in [2.24, 2.45) is 11.8 Å².